The maximum Gasteiger partial charge on any atom is 0.335 e. The van der Waals surface area contributed by atoms with Gasteiger partial charge in [-0.1, -0.05) is 49.4 Å². The number of allylic oxidation sites excluding steroid dienone is 1. The zero-order chi connectivity index (χ0) is 25.9. The van der Waals surface area contributed by atoms with Gasteiger partial charge in [-0.2, -0.15) is 0 Å². The maximum atomic E-state index is 13.2. The van der Waals surface area contributed by atoms with Gasteiger partial charge in [-0.25, -0.2) is 9.78 Å². The lowest BCUT2D eigenvalue weighted by Gasteiger charge is -2.16. The number of fused-ring (bicyclic) bond motifs is 2. The molecule has 37 heavy (non-hydrogen) atoms. The van der Waals surface area contributed by atoms with E-state index in [4.69, 9.17) is 9.40 Å². The Morgan fingerprint density at radius 3 is 2.81 bits per heavy atom. The smallest absolute Gasteiger partial charge is 0.335 e. The molecule has 0 saturated heterocycles. The molecule has 0 fully saturated rings. The molecule has 2 heterocycles. The van der Waals surface area contributed by atoms with Gasteiger partial charge in [-0.05, 0) is 91.8 Å². The fraction of sp³-hybridized carbons (Fsp3) is 0.281. The Morgan fingerprint density at radius 1 is 1.14 bits per heavy atom. The molecule has 5 nitrogen and oxygen atoms in total. The number of hydrogen-bond donors (Lipinski definition) is 1. The number of carboxylic acids is 1. The minimum absolute atomic E-state index is 0.0691. The number of aromatic nitrogens is 1. The van der Waals surface area contributed by atoms with Crippen LogP contribution in [0.3, 0.4) is 0 Å². The van der Waals surface area contributed by atoms with Crippen LogP contribution in [-0.2, 0) is 12.8 Å². The van der Waals surface area contributed by atoms with Gasteiger partial charge in [0.15, 0.2) is 11.2 Å². The highest BCUT2D eigenvalue weighted by Crippen LogP contribution is 2.32. The molecule has 1 unspecified atom stereocenters. The number of aromatic carboxylic acids is 1. The van der Waals surface area contributed by atoms with Crippen LogP contribution in [0.4, 0.5) is 0 Å². The number of aryl methyl sites for hydroxylation is 3. The molecule has 5 heteroatoms. The van der Waals surface area contributed by atoms with E-state index in [0.717, 1.165) is 60.1 Å². The third-order valence-electron chi connectivity index (χ3n) is 7.21. The molecule has 1 N–H and O–H groups in total. The first-order valence-electron chi connectivity index (χ1n) is 13.0. The zero-order valence-electron chi connectivity index (χ0n) is 21.3. The van der Waals surface area contributed by atoms with Gasteiger partial charge in [0.1, 0.15) is 11.3 Å². The SMILES string of the molecule is Cc1cc(C(C)CCCc2ccccc2C(=O)O)c2oc(-c3ccc4c(n3)CCCC=C4)cc(=O)c2c1. The fourth-order valence-corrected chi connectivity index (χ4v) is 5.23. The topological polar surface area (TPSA) is 80.4 Å². The molecule has 5 rings (SSSR count). The highest BCUT2D eigenvalue weighted by atomic mass is 16.4. The van der Waals surface area contributed by atoms with Crippen molar-refractivity contribution in [2.75, 3.05) is 0 Å². The van der Waals surface area contributed by atoms with Gasteiger partial charge in [0.2, 0.25) is 0 Å². The summed E-state index contributed by atoms with van der Waals surface area (Å²) in [7, 11) is 0. The van der Waals surface area contributed by atoms with Gasteiger partial charge < -0.3 is 9.52 Å². The zero-order valence-corrected chi connectivity index (χ0v) is 21.3. The summed E-state index contributed by atoms with van der Waals surface area (Å²) in [6, 6.07) is 16.7. The lowest BCUT2D eigenvalue weighted by atomic mass is 9.91. The standard InChI is InChI=1S/C32H31NO4/c1-20-17-25(21(2)9-8-12-22-10-6-7-13-24(22)32(35)36)31-26(18-20)29(34)19-30(37-31)28-16-15-23-11-4-3-5-14-27(23)33-28/h4,6-7,10-11,13,15-19,21H,3,5,8-9,12,14H2,1-2H3,(H,35,36). The van der Waals surface area contributed by atoms with Crippen LogP contribution in [0.2, 0.25) is 0 Å². The summed E-state index contributed by atoms with van der Waals surface area (Å²) in [5, 5.41) is 10.1. The van der Waals surface area contributed by atoms with Crippen LogP contribution in [0, 0.1) is 6.92 Å². The minimum Gasteiger partial charge on any atom is -0.478 e. The lowest BCUT2D eigenvalue weighted by molar-refractivity contribution is 0.0695. The summed E-state index contributed by atoms with van der Waals surface area (Å²) in [6.45, 7) is 4.13. The van der Waals surface area contributed by atoms with E-state index in [1.54, 1.807) is 18.2 Å². The third-order valence-corrected chi connectivity index (χ3v) is 7.21. The predicted octanol–water partition coefficient (Wildman–Crippen LogP) is 7.34. The van der Waals surface area contributed by atoms with Crippen molar-refractivity contribution in [1.82, 2.24) is 4.98 Å². The van der Waals surface area contributed by atoms with E-state index in [0.29, 0.717) is 34.4 Å². The first-order chi connectivity index (χ1) is 17.9. The molecular weight excluding hydrogens is 462 g/mol. The predicted molar refractivity (Wildman–Crippen MR) is 147 cm³/mol. The Labute approximate surface area is 216 Å². The monoisotopic (exact) mass is 493 g/mol. The molecule has 0 radical (unpaired) electrons. The van der Waals surface area contributed by atoms with Crippen LogP contribution >= 0.6 is 0 Å². The molecule has 188 valence electrons. The largest absolute Gasteiger partial charge is 0.478 e. The normalized spacial score (nSPS) is 13.8. The van der Waals surface area contributed by atoms with Crippen molar-refractivity contribution in [2.24, 2.45) is 0 Å². The minimum atomic E-state index is -0.898. The van der Waals surface area contributed by atoms with Crippen molar-refractivity contribution < 1.29 is 14.3 Å². The Kier molecular flexibility index (Phi) is 7.04. The summed E-state index contributed by atoms with van der Waals surface area (Å²) >= 11 is 0. The quantitative estimate of drug-likeness (QED) is 0.291. The van der Waals surface area contributed by atoms with Crippen molar-refractivity contribution >= 4 is 23.0 Å². The molecule has 0 saturated carbocycles. The summed E-state index contributed by atoms with van der Waals surface area (Å²) < 4.78 is 6.42. The molecular formula is C32H31NO4. The van der Waals surface area contributed by atoms with Crippen LogP contribution in [0.25, 0.3) is 28.5 Å². The van der Waals surface area contributed by atoms with Crippen LogP contribution in [0.1, 0.15) is 76.8 Å². The van der Waals surface area contributed by atoms with Crippen molar-refractivity contribution in [3.8, 4) is 11.5 Å². The Bertz CT molecular complexity index is 1560. The first kappa shape index (κ1) is 24.7. The van der Waals surface area contributed by atoms with Crippen LogP contribution in [0.15, 0.2) is 69.9 Å². The van der Waals surface area contributed by atoms with E-state index >= 15 is 0 Å². The average Bonchev–Trinajstić information content (AvgIpc) is 3.13. The number of nitrogens with zero attached hydrogens (tertiary/aromatic N) is 1. The highest BCUT2D eigenvalue weighted by Gasteiger charge is 2.18. The number of benzene rings is 2. The van der Waals surface area contributed by atoms with Crippen LogP contribution < -0.4 is 5.43 Å². The second-order valence-corrected chi connectivity index (χ2v) is 9.99. The Morgan fingerprint density at radius 2 is 1.97 bits per heavy atom. The molecule has 0 spiro atoms. The van der Waals surface area contributed by atoms with Gasteiger partial charge in [-0.3, -0.25) is 4.79 Å². The number of carboxylic acid groups (broad SMARTS) is 1. The summed E-state index contributed by atoms with van der Waals surface area (Å²) in [4.78, 5) is 29.6. The summed E-state index contributed by atoms with van der Waals surface area (Å²) in [5.41, 5.74) is 6.59. The number of carbonyl (C=O) groups is 1. The molecule has 4 aromatic rings. The second-order valence-electron chi connectivity index (χ2n) is 9.99. The van der Waals surface area contributed by atoms with E-state index < -0.39 is 5.97 Å². The maximum absolute atomic E-state index is 13.2. The van der Waals surface area contributed by atoms with E-state index in [1.165, 1.54) is 0 Å². The number of hydrogen-bond acceptors (Lipinski definition) is 4. The van der Waals surface area contributed by atoms with E-state index in [9.17, 15) is 14.7 Å². The van der Waals surface area contributed by atoms with Gasteiger partial charge >= 0.3 is 5.97 Å². The highest BCUT2D eigenvalue weighted by molar-refractivity contribution is 5.89. The van der Waals surface area contributed by atoms with E-state index in [1.807, 2.05) is 31.2 Å². The van der Waals surface area contributed by atoms with Crippen LogP contribution in [0.5, 0.6) is 0 Å². The lowest BCUT2D eigenvalue weighted by Crippen LogP contribution is -2.06. The van der Waals surface area contributed by atoms with Crippen molar-refractivity contribution in [2.45, 2.75) is 58.3 Å². The van der Waals surface area contributed by atoms with E-state index in [2.05, 4.69) is 31.2 Å². The summed E-state index contributed by atoms with van der Waals surface area (Å²) in [6.07, 6.45) is 9.64. The van der Waals surface area contributed by atoms with Crippen molar-refractivity contribution in [1.29, 1.82) is 0 Å². The van der Waals surface area contributed by atoms with Crippen LogP contribution in [-0.4, -0.2) is 16.1 Å². The Balaban J connectivity index is 1.46. The van der Waals surface area contributed by atoms with Gasteiger partial charge in [0.05, 0.1) is 10.9 Å². The summed E-state index contributed by atoms with van der Waals surface area (Å²) in [5.74, 6) is -0.283. The molecule has 0 bridgehead atoms. The molecule has 2 aromatic heterocycles. The molecule has 1 atom stereocenters. The molecule has 2 aromatic carbocycles. The first-order valence-corrected chi connectivity index (χ1v) is 13.0. The molecule has 1 aliphatic carbocycles. The molecule has 1 aliphatic rings. The molecule has 0 aliphatic heterocycles. The Hall–Kier alpha value is -3.99. The van der Waals surface area contributed by atoms with Gasteiger partial charge in [-0.15, -0.1) is 0 Å². The van der Waals surface area contributed by atoms with Crippen molar-refractivity contribution in [3.05, 3.63) is 104 Å². The van der Waals surface area contributed by atoms with Gasteiger partial charge in [0.25, 0.3) is 0 Å². The average molecular weight is 494 g/mol. The number of pyridine rings is 1. The van der Waals surface area contributed by atoms with Gasteiger partial charge in [0, 0.05) is 11.8 Å². The van der Waals surface area contributed by atoms with Crippen molar-refractivity contribution in [3.63, 3.8) is 0 Å². The fourth-order valence-electron chi connectivity index (χ4n) is 5.23. The second kappa shape index (κ2) is 10.6. The third kappa shape index (κ3) is 5.26. The number of rotatable bonds is 7. The van der Waals surface area contributed by atoms with E-state index in [-0.39, 0.29) is 11.3 Å². The molecule has 0 amide bonds.